The van der Waals surface area contributed by atoms with Crippen molar-refractivity contribution in [1.29, 1.82) is 0 Å². The number of phenolic OH excluding ortho intramolecular Hbond substituents is 1. The molecule has 3 aromatic carbocycles. The van der Waals surface area contributed by atoms with Crippen LogP contribution in [0.15, 0.2) is 59.7 Å². The normalized spacial score (nSPS) is 10.8. The lowest BCUT2D eigenvalue weighted by atomic mass is 10.1. The first kappa shape index (κ1) is 17.3. The lowest BCUT2D eigenvalue weighted by Crippen LogP contribution is -2.17. The summed E-state index contributed by atoms with van der Waals surface area (Å²) >= 11 is 0. The van der Waals surface area contributed by atoms with Crippen molar-refractivity contribution < 1.29 is 19.4 Å². The lowest BCUT2D eigenvalue weighted by Gasteiger charge is -2.07. The number of carbonyl (C=O) groups is 1. The van der Waals surface area contributed by atoms with Crippen LogP contribution < -0.4 is 14.9 Å². The number of hydrazone groups is 1. The zero-order chi connectivity index (χ0) is 18.5. The number of hydrogen-bond donors (Lipinski definition) is 2. The smallest absolute Gasteiger partial charge is 0.275 e. The van der Waals surface area contributed by atoms with Crippen molar-refractivity contribution in [3.8, 4) is 17.2 Å². The molecule has 0 atom stereocenters. The standard InChI is InChI=1S/C20H18N2O4/c1-25-16-8-7-15(19(11-16)26-2)12-21-22-20(24)17-9-13-5-3-4-6-14(13)10-18(17)23/h3-12,23H,1-2H3,(H,22,24)/b21-12-. The minimum Gasteiger partial charge on any atom is -0.507 e. The Kier molecular flexibility index (Phi) is 5.03. The van der Waals surface area contributed by atoms with E-state index in [9.17, 15) is 9.90 Å². The molecule has 0 spiro atoms. The Bertz CT molecular complexity index is 983. The minimum atomic E-state index is -0.503. The molecule has 0 aliphatic carbocycles. The molecule has 0 aliphatic rings. The van der Waals surface area contributed by atoms with Crippen molar-refractivity contribution in [1.82, 2.24) is 5.43 Å². The van der Waals surface area contributed by atoms with Crippen molar-refractivity contribution >= 4 is 22.9 Å². The van der Waals surface area contributed by atoms with Gasteiger partial charge in [-0.15, -0.1) is 0 Å². The average molecular weight is 350 g/mol. The molecule has 6 nitrogen and oxygen atoms in total. The second-order valence-electron chi connectivity index (χ2n) is 5.52. The van der Waals surface area contributed by atoms with E-state index in [1.54, 1.807) is 37.4 Å². The first-order valence-electron chi connectivity index (χ1n) is 7.89. The largest absolute Gasteiger partial charge is 0.507 e. The molecule has 0 aromatic heterocycles. The number of benzene rings is 3. The molecule has 6 heteroatoms. The number of nitrogens with one attached hydrogen (secondary N) is 1. The maximum absolute atomic E-state index is 12.3. The summed E-state index contributed by atoms with van der Waals surface area (Å²) in [6.45, 7) is 0. The van der Waals surface area contributed by atoms with Crippen LogP contribution in [0.1, 0.15) is 15.9 Å². The van der Waals surface area contributed by atoms with Crippen LogP contribution in [0.25, 0.3) is 10.8 Å². The van der Waals surface area contributed by atoms with Crippen LogP contribution in [-0.4, -0.2) is 31.4 Å². The summed E-state index contributed by atoms with van der Waals surface area (Å²) < 4.78 is 10.4. The zero-order valence-corrected chi connectivity index (χ0v) is 14.4. The van der Waals surface area contributed by atoms with Crippen LogP contribution in [0.3, 0.4) is 0 Å². The van der Waals surface area contributed by atoms with Gasteiger partial charge < -0.3 is 14.6 Å². The third-order valence-corrected chi connectivity index (χ3v) is 3.92. The summed E-state index contributed by atoms with van der Waals surface area (Å²) in [6.07, 6.45) is 1.47. The number of phenols is 1. The zero-order valence-electron chi connectivity index (χ0n) is 14.4. The molecule has 26 heavy (non-hydrogen) atoms. The van der Waals surface area contributed by atoms with E-state index >= 15 is 0 Å². The SMILES string of the molecule is COc1ccc(/C=N\NC(=O)c2cc3ccccc3cc2O)c(OC)c1. The molecule has 1 amide bonds. The van der Waals surface area contributed by atoms with Gasteiger partial charge in [0.15, 0.2) is 0 Å². The number of hydrogen-bond acceptors (Lipinski definition) is 5. The van der Waals surface area contributed by atoms with Gasteiger partial charge in [-0.2, -0.15) is 5.10 Å². The molecule has 3 aromatic rings. The fourth-order valence-electron chi connectivity index (χ4n) is 2.56. The molecule has 0 fully saturated rings. The number of nitrogens with zero attached hydrogens (tertiary/aromatic N) is 1. The number of amides is 1. The predicted molar refractivity (Wildman–Crippen MR) is 100 cm³/mol. The van der Waals surface area contributed by atoms with Crippen LogP contribution in [0.4, 0.5) is 0 Å². The number of fused-ring (bicyclic) bond motifs is 1. The Balaban J connectivity index is 1.79. The molecule has 0 unspecified atom stereocenters. The molecule has 0 radical (unpaired) electrons. The molecule has 0 saturated heterocycles. The molecule has 0 bridgehead atoms. The Morgan fingerprint density at radius 2 is 1.77 bits per heavy atom. The molecule has 132 valence electrons. The molecular weight excluding hydrogens is 332 g/mol. The van der Waals surface area contributed by atoms with Crippen LogP contribution >= 0.6 is 0 Å². The summed E-state index contributed by atoms with van der Waals surface area (Å²) in [5, 5.41) is 15.7. The highest BCUT2D eigenvalue weighted by Gasteiger charge is 2.12. The van der Waals surface area contributed by atoms with Crippen molar-refractivity contribution in [3.05, 3.63) is 65.7 Å². The topological polar surface area (TPSA) is 80.2 Å². The van der Waals surface area contributed by atoms with Gasteiger partial charge in [0.1, 0.15) is 17.2 Å². The molecule has 0 heterocycles. The van der Waals surface area contributed by atoms with E-state index in [2.05, 4.69) is 10.5 Å². The summed E-state index contributed by atoms with van der Waals surface area (Å²) in [5.41, 5.74) is 3.25. The fourth-order valence-corrected chi connectivity index (χ4v) is 2.56. The maximum Gasteiger partial charge on any atom is 0.275 e. The quantitative estimate of drug-likeness (QED) is 0.546. The third kappa shape index (κ3) is 3.59. The molecule has 0 aliphatic heterocycles. The highest BCUT2D eigenvalue weighted by molar-refractivity contribution is 6.01. The number of methoxy groups -OCH3 is 2. The van der Waals surface area contributed by atoms with Gasteiger partial charge in [-0.1, -0.05) is 24.3 Å². The van der Waals surface area contributed by atoms with Crippen LogP contribution in [0, 0.1) is 0 Å². The highest BCUT2D eigenvalue weighted by atomic mass is 16.5. The molecular formula is C20H18N2O4. The number of ether oxygens (including phenoxy) is 2. The number of rotatable bonds is 5. The molecule has 3 rings (SSSR count). The molecule has 0 saturated carbocycles. The number of carbonyl (C=O) groups excluding carboxylic acids is 1. The van der Waals surface area contributed by atoms with Gasteiger partial charge in [0, 0.05) is 11.6 Å². The van der Waals surface area contributed by atoms with E-state index in [0.29, 0.717) is 17.1 Å². The summed E-state index contributed by atoms with van der Waals surface area (Å²) in [6, 6.07) is 15.9. The predicted octanol–water partition coefficient (Wildman–Crippen LogP) is 3.33. The van der Waals surface area contributed by atoms with Crippen LogP contribution in [-0.2, 0) is 0 Å². The summed E-state index contributed by atoms with van der Waals surface area (Å²) in [7, 11) is 3.11. The Morgan fingerprint density at radius 1 is 1.04 bits per heavy atom. The van der Waals surface area contributed by atoms with E-state index in [1.807, 2.05) is 24.3 Å². The van der Waals surface area contributed by atoms with E-state index in [1.165, 1.54) is 13.3 Å². The van der Waals surface area contributed by atoms with Gasteiger partial charge in [-0.05, 0) is 35.0 Å². The lowest BCUT2D eigenvalue weighted by molar-refractivity contribution is 0.0952. The first-order chi connectivity index (χ1) is 12.6. The fraction of sp³-hybridized carbons (Fsp3) is 0.100. The van der Waals surface area contributed by atoms with Crippen LogP contribution in [0.5, 0.6) is 17.2 Å². The summed E-state index contributed by atoms with van der Waals surface area (Å²) in [5.74, 6) is 0.621. The van der Waals surface area contributed by atoms with E-state index in [4.69, 9.17) is 9.47 Å². The van der Waals surface area contributed by atoms with Gasteiger partial charge in [0.2, 0.25) is 0 Å². The van der Waals surface area contributed by atoms with Gasteiger partial charge in [-0.25, -0.2) is 5.43 Å². The maximum atomic E-state index is 12.3. The second-order valence-corrected chi connectivity index (χ2v) is 5.52. The van der Waals surface area contributed by atoms with E-state index in [-0.39, 0.29) is 11.3 Å². The van der Waals surface area contributed by atoms with E-state index < -0.39 is 5.91 Å². The van der Waals surface area contributed by atoms with Crippen molar-refractivity contribution in [2.75, 3.05) is 14.2 Å². The van der Waals surface area contributed by atoms with Gasteiger partial charge in [0.05, 0.1) is 26.0 Å². The average Bonchev–Trinajstić information content (AvgIpc) is 2.67. The highest BCUT2D eigenvalue weighted by Crippen LogP contribution is 2.25. The van der Waals surface area contributed by atoms with Gasteiger partial charge >= 0.3 is 0 Å². The first-order valence-corrected chi connectivity index (χ1v) is 7.89. The Morgan fingerprint density at radius 3 is 2.46 bits per heavy atom. The van der Waals surface area contributed by atoms with Crippen LogP contribution in [0.2, 0.25) is 0 Å². The number of aromatic hydroxyl groups is 1. The Labute approximate surface area is 150 Å². The minimum absolute atomic E-state index is 0.0987. The molecule has 2 N–H and O–H groups in total. The van der Waals surface area contributed by atoms with Crippen molar-refractivity contribution in [2.45, 2.75) is 0 Å². The van der Waals surface area contributed by atoms with Gasteiger partial charge in [-0.3, -0.25) is 4.79 Å². The van der Waals surface area contributed by atoms with Crippen molar-refractivity contribution in [3.63, 3.8) is 0 Å². The van der Waals surface area contributed by atoms with E-state index in [0.717, 1.165) is 10.8 Å². The van der Waals surface area contributed by atoms with Gasteiger partial charge in [0.25, 0.3) is 5.91 Å². The summed E-state index contributed by atoms with van der Waals surface area (Å²) in [4.78, 5) is 12.3. The van der Waals surface area contributed by atoms with Crippen molar-refractivity contribution in [2.24, 2.45) is 5.10 Å². The second kappa shape index (κ2) is 7.57. The Hall–Kier alpha value is -3.54. The monoisotopic (exact) mass is 350 g/mol. The third-order valence-electron chi connectivity index (χ3n) is 3.92.